The van der Waals surface area contributed by atoms with Gasteiger partial charge in [-0.05, 0) is 56.5 Å². The summed E-state index contributed by atoms with van der Waals surface area (Å²) in [6.45, 7) is 7.95. The van der Waals surface area contributed by atoms with Crippen LogP contribution in [0.3, 0.4) is 0 Å². The lowest BCUT2D eigenvalue weighted by Crippen LogP contribution is -2.49. The number of hydrogen-bond donors (Lipinski definition) is 1. The van der Waals surface area contributed by atoms with E-state index in [2.05, 4.69) is 5.32 Å². The van der Waals surface area contributed by atoms with Crippen molar-refractivity contribution in [3.8, 4) is 5.75 Å². The monoisotopic (exact) mass is 414 g/mol. The molecule has 0 saturated carbocycles. The maximum Gasteiger partial charge on any atom is 0.261 e. The number of benzene rings is 2. The van der Waals surface area contributed by atoms with Gasteiger partial charge in [0, 0.05) is 18.7 Å². The molecule has 0 fully saturated rings. The summed E-state index contributed by atoms with van der Waals surface area (Å²) in [5.74, 6) is -0.477. The molecule has 30 heavy (non-hydrogen) atoms. The normalized spacial score (nSPS) is 11.6. The summed E-state index contributed by atoms with van der Waals surface area (Å²) in [4.78, 5) is 26.9. The molecular formula is C24H31FN2O3. The van der Waals surface area contributed by atoms with Crippen LogP contribution in [0.2, 0.25) is 0 Å². The predicted molar refractivity (Wildman–Crippen MR) is 116 cm³/mol. The summed E-state index contributed by atoms with van der Waals surface area (Å²) in [7, 11) is 0. The van der Waals surface area contributed by atoms with Gasteiger partial charge in [-0.3, -0.25) is 9.59 Å². The summed E-state index contributed by atoms with van der Waals surface area (Å²) in [5.41, 5.74) is 2.55. The van der Waals surface area contributed by atoms with Gasteiger partial charge in [0.2, 0.25) is 5.91 Å². The standard InChI is InChI=1S/C24H31FN2O3/c1-5-6-13-26-24(29)19(4)27(15-20-9-7-8-10-22(20)25)23(28)16-30-21-12-11-17(2)18(3)14-21/h7-12,14,19H,5-6,13,15-16H2,1-4H3,(H,26,29)/t19-/m1/s1. The highest BCUT2D eigenvalue weighted by Crippen LogP contribution is 2.18. The average Bonchev–Trinajstić information content (AvgIpc) is 2.73. The fourth-order valence-electron chi connectivity index (χ4n) is 2.96. The van der Waals surface area contributed by atoms with Crippen LogP contribution in [0.25, 0.3) is 0 Å². The molecule has 0 spiro atoms. The van der Waals surface area contributed by atoms with Crippen LogP contribution >= 0.6 is 0 Å². The Morgan fingerprint density at radius 3 is 2.53 bits per heavy atom. The van der Waals surface area contributed by atoms with Gasteiger partial charge in [-0.2, -0.15) is 0 Å². The Hall–Kier alpha value is -2.89. The minimum Gasteiger partial charge on any atom is -0.484 e. The van der Waals surface area contributed by atoms with Gasteiger partial charge >= 0.3 is 0 Å². The molecule has 0 bridgehead atoms. The van der Waals surface area contributed by atoms with Crippen molar-refractivity contribution in [3.05, 3.63) is 65.0 Å². The molecule has 2 aromatic rings. The second-order valence-electron chi connectivity index (χ2n) is 7.47. The van der Waals surface area contributed by atoms with Crippen LogP contribution in [0.1, 0.15) is 43.4 Å². The molecule has 1 atom stereocenters. The van der Waals surface area contributed by atoms with Crippen LogP contribution in [-0.4, -0.2) is 35.9 Å². The topological polar surface area (TPSA) is 58.6 Å². The highest BCUT2D eigenvalue weighted by atomic mass is 19.1. The number of hydrogen-bond acceptors (Lipinski definition) is 3. The Balaban J connectivity index is 2.14. The molecule has 2 amide bonds. The van der Waals surface area contributed by atoms with E-state index in [-0.39, 0.29) is 25.0 Å². The van der Waals surface area contributed by atoms with Crippen LogP contribution in [0.15, 0.2) is 42.5 Å². The van der Waals surface area contributed by atoms with Gasteiger partial charge in [0.05, 0.1) is 0 Å². The van der Waals surface area contributed by atoms with E-state index in [0.29, 0.717) is 17.9 Å². The van der Waals surface area contributed by atoms with E-state index in [9.17, 15) is 14.0 Å². The molecule has 162 valence electrons. The number of nitrogens with zero attached hydrogens (tertiary/aromatic N) is 1. The molecular weight excluding hydrogens is 383 g/mol. The summed E-state index contributed by atoms with van der Waals surface area (Å²) in [6.07, 6.45) is 1.81. The first-order valence-corrected chi connectivity index (χ1v) is 10.3. The second-order valence-corrected chi connectivity index (χ2v) is 7.47. The van der Waals surface area contributed by atoms with Gasteiger partial charge in [0.1, 0.15) is 17.6 Å². The van der Waals surface area contributed by atoms with E-state index >= 15 is 0 Å². The van der Waals surface area contributed by atoms with E-state index in [1.807, 2.05) is 32.9 Å². The van der Waals surface area contributed by atoms with Gasteiger partial charge in [0.15, 0.2) is 6.61 Å². The van der Waals surface area contributed by atoms with Gasteiger partial charge < -0.3 is 15.0 Å². The van der Waals surface area contributed by atoms with E-state index in [0.717, 1.165) is 24.0 Å². The van der Waals surface area contributed by atoms with Crippen LogP contribution in [0, 0.1) is 19.7 Å². The zero-order valence-corrected chi connectivity index (χ0v) is 18.2. The van der Waals surface area contributed by atoms with Gasteiger partial charge in [0.25, 0.3) is 5.91 Å². The first-order valence-electron chi connectivity index (χ1n) is 10.3. The van der Waals surface area contributed by atoms with Crippen LogP contribution in [0.4, 0.5) is 4.39 Å². The lowest BCUT2D eigenvalue weighted by Gasteiger charge is -2.29. The molecule has 0 heterocycles. The van der Waals surface area contributed by atoms with Crippen molar-refractivity contribution in [3.63, 3.8) is 0 Å². The third-order valence-corrected chi connectivity index (χ3v) is 5.14. The van der Waals surface area contributed by atoms with Crippen molar-refractivity contribution in [2.45, 2.75) is 53.1 Å². The Kier molecular flexibility index (Phi) is 8.84. The number of nitrogens with one attached hydrogen (secondary N) is 1. The molecule has 0 radical (unpaired) electrons. The van der Waals surface area contributed by atoms with E-state index in [4.69, 9.17) is 4.74 Å². The second kappa shape index (κ2) is 11.3. The lowest BCUT2D eigenvalue weighted by atomic mass is 10.1. The summed E-state index contributed by atoms with van der Waals surface area (Å²) < 4.78 is 19.9. The summed E-state index contributed by atoms with van der Waals surface area (Å²) >= 11 is 0. The lowest BCUT2D eigenvalue weighted by molar-refractivity contribution is -0.142. The molecule has 0 saturated heterocycles. The van der Waals surface area contributed by atoms with Gasteiger partial charge in [-0.25, -0.2) is 4.39 Å². The highest BCUT2D eigenvalue weighted by molar-refractivity contribution is 5.87. The zero-order valence-electron chi connectivity index (χ0n) is 18.2. The number of halogens is 1. The maximum absolute atomic E-state index is 14.2. The molecule has 0 aliphatic carbocycles. The first kappa shape index (κ1) is 23.4. The molecule has 5 nitrogen and oxygen atoms in total. The number of carbonyl (C=O) groups excluding carboxylic acids is 2. The van der Waals surface area contributed by atoms with Crippen molar-refractivity contribution >= 4 is 11.8 Å². The van der Waals surface area contributed by atoms with Gasteiger partial charge in [-0.1, -0.05) is 37.6 Å². The molecule has 0 aromatic heterocycles. The highest BCUT2D eigenvalue weighted by Gasteiger charge is 2.27. The van der Waals surface area contributed by atoms with Crippen molar-refractivity contribution in [2.24, 2.45) is 0 Å². The van der Waals surface area contributed by atoms with Crippen molar-refractivity contribution in [1.82, 2.24) is 10.2 Å². The quantitative estimate of drug-likeness (QED) is 0.594. The van der Waals surface area contributed by atoms with E-state index < -0.39 is 11.9 Å². The van der Waals surface area contributed by atoms with Crippen LogP contribution < -0.4 is 10.1 Å². The van der Waals surface area contributed by atoms with Crippen molar-refractivity contribution in [1.29, 1.82) is 0 Å². The number of amides is 2. The maximum atomic E-state index is 14.2. The number of unbranched alkanes of at least 4 members (excludes halogenated alkanes) is 1. The number of ether oxygens (including phenoxy) is 1. The molecule has 0 unspecified atom stereocenters. The average molecular weight is 415 g/mol. The minimum atomic E-state index is -0.752. The zero-order chi connectivity index (χ0) is 22.1. The van der Waals surface area contributed by atoms with Crippen molar-refractivity contribution < 1.29 is 18.7 Å². The van der Waals surface area contributed by atoms with Crippen LogP contribution in [-0.2, 0) is 16.1 Å². The summed E-state index contributed by atoms with van der Waals surface area (Å²) in [5, 5.41) is 2.84. The third-order valence-electron chi connectivity index (χ3n) is 5.14. The van der Waals surface area contributed by atoms with Crippen molar-refractivity contribution in [2.75, 3.05) is 13.2 Å². The van der Waals surface area contributed by atoms with E-state index in [1.165, 1.54) is 11.0 Å². The Morgan fingerprint density at radius 2 is 1.87 bits per heavy atom. The largest absolute Gasteiger partial charge is 0.484 e. The van der Waals surface area contributed by atoms with Gasteiger partial charge in [-0.15, -0.1) is 0 Å². The SMILES string of the molecule is CCCCNC(=O)[C@@H](C)N(Cc1ccccc1F)C(=O)COc1ccc(C)c(C)c1. The molecule has 0 aliphatic heterocycles. The fourth-order valence-corrected chi connectivity index (χ4v) is 2.96. The Morgan fingerprint density at radius 1 is 1.13 bits per heavy atom. The molecule has 2 aromatic carbocycles. The predicted octanol–water partition coefficient (Wildman–Crippen LogP) is 4.15. The van der Waals surface area contributed by atoms with Crippen LogP contribution in [0.5, 0.6) is 5.75 Å². The third kappa shape index (κ3) is 6.58. The molecule has 1 N–H and O–H groups in total. The summed E-state index contributed by atoms with van der Waals surface area (Å²) in [6, 6.07) is 11.1. The molecule has 2 rings (SSSR count). The smallest absolute Gasteiger partial charge is 0.261 e. The number of carbonyl (C=O) groups is 2. The minimum absolute atomic E-state index is 0.00977. The molecule has 0 aliphatic rings. The Labute approximate surface area is 178 Å². The fraction of sp³-hybridized carbons (Fsp3) is 0.417. The Bertz CT molecular complexity index is 869. The number of aryl methyl sites for hydroxylation is 2. The number of rotatable bonds is 10. The van der Waals surface area contributed by atoms with E-state index in [1.54, 1.807) is 31.2 Å². The first-order chi connectivity index (χ1) is 14.3. The molecule has 6 heteroatoms.